The molecule has 4 nitrogen and oxygen atoms in total. The van der Waals surface area contributed by atoms with Crippen LogP contribution in [0, 0.1) is 0 Å². The molecular formula is C17H12F3N3OS. The van der Waals surface area contributed by atoms with Gasteiger partial charge in [0.1, 0.15) is 0 Å². The summed E-state index contributed by atoms with van der Waals surface area (Å²) in [5.41, 5.74) is 7.11. The van der Waals surface area contributed by atoms with Crippen molar-refractivity contribution in [3.8, 4) is 11.3 Å². The highest BCUT2D eigenvalue weighted by molar-refractivity contribution is 7.14. The van der Waals surface area contributed by atoms with Crippen LogP contribution in [0.15, 0.2) is 53.9 Å². The lowest BCUT2D eigenvalue weighted by molar-refractivity contribution is -0.137. The summed E-state index contributed by atoms with van der Waals surface area (Å²) >= 11 is 1.22. The molecule has 0 unspecified atom stereocenters. The third kappa shape index (κ3) is 3.97. The molecule has 0 spiro atoms. The van der Waals surface area contributed by atoms with Crippen LogP contribution in [-0.4, -0.2) is 10.9 Å². The first kappa shape index (κ1) is 17.0. The summed E-state index contributed by atoms with van der Waals surface area (Å²) in [6.07, 6.45) is -4.43. The number of nitrogen functional groups attached to an aromatic ring is 1. The number of anilines is 2. The fourth-order valence-corrected chi connectivity index (χ4v) is 2.81. The van der Waals surface area contributed by atoms with Gasteiger partial charge in [-0.15, -0.1) is 11.3 Å². The smallest absolute Gasteiger partial charge is 0.399 e. The molecule has 2 aromatic carbocycles. The van der Waals surface area contributed by atoms with Gasteiger partial charge in [-0.2, -0.15) is 13.2 Å². The van der Waals surface area contributed by atoms with Gasteiger partial charge in [-0.3, -0.25) is 10.1 Å². The van der Waals surface area contributed by atoms with Gasteiger partial charge >= 0.3 is 6.18 Å². The molecule has 3 N–H and O–H groups in total. The van der Waals surface area contributed by atoms with E-state index in [1.807, 2.05) is 12.1 Å². The largest absolute Gasteiger partial charge is 0.416 e. The van der Waals surface area contributed by atoms with Crippen molar-refractivity contribution in [1.29, 1.82) is 0 Å². The Morgan fingerprint density at radius 3 is 2.28 bits per heavy atom. The summed E-state index contributed by atoms with van der Waals surface area (Å²) < 4.78 is 37.6. The average molecular weight is 363 g/mol. The van der Waals surface area contributed by atoms with Crippen LogP contribution in [0.4, 0.5) is 24.0 Å². The van der Waals surface area contributed by atoms with E-state index in [0.29, 0.717) is 16.5 Å². The summed E-state index contributed by atoms with van der Waals surface area (Å²) in [5.74, 6) is -0.521. The lowest BCUT2D eigenvalue weighted by Gasteiger charge is -2.07. The molecule has 128 valence electrons. The number of nitrogens with two attached hydrogens (primary N) is 1. The van der Waals surface area contributed by atoms with Crippen molar-refractivity contribution in [2.24, 2.45) is 0 Å². The Morgan fingerprint density at radius 1 is 1.04 bits per heavy atom. The summed E-state index contributed by atoms with van der Waals surface area (Å²) in [6.45, 7) is 0. The molecule has 0 bridgehead atoms. The average Bonchev–Trinajstić information content (AvgIpc) is 3.03. The monoisotopic (exact) mass is 363 g/mol. The van der Waals surface area contributed by atoms with Crippen molar-refractivity contribution in [2.45, 2.75) is 6.18 Å². The minimum absolute atomic E-state index is 0.122. The Hall–Kier alpha value is -2.87. The lowest BCUT2D eigenvalue weighted by atomic mass is 10.1. The fourth-order valence-electron chi connectivity index (χ4n) is 2.10. The van der Waals surface area contributed by atoms with E-state index in [0.717, 1.165) is 29.8 Å². The second-order valence-electron chi connectivity index (χ2n) is 5.19. The van der Waals surface area contributed by atoms with Gasteiger partial charge in [0.15, 0.2) is 5.13 Å². The van der Waals surface area contributed by atoms with Crippen molar-refractivity contribution >= 4 is 28.1 Å². The van der Waals surface area contributed by atoms with E-state index < -0.39 is 17.6 Å². The van der Waals surface area contributed by atoms with Gasteiger partial charge in [0.2, 0.25) is 0 Å². The topological polar surface area (TPSA) is 68.0 Å². The third-order valence-corrected chi connectivity index (χ3v) is 4.16. The summed E-state index contributed by atoms with van der Waals surface area (Å²) in [6, 6.07) is 11.1. The van der Waals surface area contributed by atoms with Gasteiger partial charge in [-0.05, 0) is 36.4 Å². The molecule has 0 saturated carbocycles. The number of halogens is 3. The number of carbonyl (C=O) groups is 1. The predicted molar refractivity (Wildman–Crippen MR) is 91.4 cm³/mol. The van der Waals surface area contributed by atoms with Crippen LogP contribution < -0.4 is 11.1 Å². The van der Waals surface area contributed by atoms with E-state index in [1.165, 1.54) is 11.3 Å². The molecule has 1 aromatic heterocycles. The molecular weight excluding hydrogens is 351 g/mol. The number of benzene rings is 2. The quantitative estimate of drug-likeness (QED) is 0.665. The molecule has 25 heavy (non-hydrogen) atoms. The number of alkyl halides is 3. The molecule has 0 atom stereocenters. The molecule has 1 amide bonds. The maximum Gasteiger partial charge on any atom is 0.416 e. The molecule has 3 aromatic rings. The number of nitrogens with one attached hydrogen (secondary N) is 1. The highest BCUT2D eigenvalue weighted by Crippen LogP contribution is 2.29. The minimum atomic E-state index is -4.43. The maximum absolute atomic E-state index is 12.5. The molecule has 3 rings (SSSR count). The van der Waals surface area contributed by atoms with Gasteiger partial charge in [-0.1, -0.05) is 12.1 Å². The molecule has 0 aliphatic rings. The molecule has 0 radical (unpaired) electrons. The van der Waals surface area contributed by atoms with Crippen LogP contribution in [-0.2, 0) is 6.18 Å². The summed E-state index contributed by atoms with van der Waals surface area (Å²) in [7, 11) is 0. The van der Waals surface area contributed by atoms with Gasteiger partial charge in [0.25, 0.3) is 5.91 Å². The highest BCUT2D eigenvalue weighted by Gasteiger charge is 2.30. The van der Waals surface area contributed by atoms with Crippen LogP contribution >= 0.6 is 11.3 Å². The molecule has 0 aliphatic carbocycles. The van der Waals surface area contributed by atoms with E-state index in [-0.39, 0.29) is 5.56 Å². The second-order valence-corrected chi connectivity index (χ2v) is 6.05. The second kappa shape index (κ2) is 6.56. The molecule has 0 aliphatic heterocycles. The van der Waals surface area contributed by atoms with Crippen LogP contribution in [0.25, 0.3) is 11.3 Å². The van der Waals surface area contributed by atoms with Crippen molar-refractivity contribution in [3.05, 3.63) is 65.0 Å². The molecule has 0 fully saturated rings. The Bertz CT molecular complexity index is 887. The predicted octanol–water partition coefficient (Wildman–Crippen LogP) is 4.66. The first-order valence-electron chi connectivity index (χ1n) is 7.13. The Labute approximate surface area is 145 Å². The van der Waals surface area contributed by atoms with Gasteiger partial charge in [0.05, 0.1) is 11.3 Å². The number of thiazole rings is 1. The van der Waals surface area contributed by atoms with Gasteiger partial charge in [-0.25, -0.2) is 4.98 Å². The number of rotatable bonds is 3. The number of hydrogen-bond donors (Lipinski definition) is 2. The number of aromatic nitrogens is 1. The van der Waals surface area contributed by atoms with Crippen molar-refractivity contribution in [1.82, 2.24) is 4.98 Å². The van der Waals surface area contributed by atoms with E-state index in [9.17, 15) is 18.0 Å². The normalized spacial score (nSPS) is 11.3. The molecule has 1 heterocycles. The lowest BCUT2D eigenvalue weighted by Crippen LogP contribution is -2.12. The van der Waals surface area contributed by atoms with E-state index >= 15 is 0 Å². The Morgan fingerprint density at radius 2 is 1.68 bits per heavy atom. The summed E-state index contributed by atoms with van der Waals surface area (Å²) in [4.78, 5) is 16.4. The third-order valence-electron chi connectivity index (χ3n) is 3.41. The minimum Gasteiger partial charge on any atom is -0.399 e. The van der Waals surface area contributed by atoms with Crippen LogP contribution in [0.1, 0.15) is 15.9 Å². The molecule has 0 saturated heterocycles. The van der Waals surface area contributed by atoms with Crippen LogP contribution in [0.3, 0.4) is 0 Å². The fraction of sp³-hybridized carbons (Fsp3) is 0.0588. The van der Waals surface area contributed by atoms with Gasteiger partial charge in [0, 0.05) is 22.2 Å². The van der Waals surface area contributed by atoms with E-state index in [2.05, 4.69) is 10.3 Å². The zero-order valence-electron chi connectivity index (χ0n) is 12.7. The van der Waals surface area contributed by atoms with Crippen molar-refractivity contribution < 1.29 is 18.0 Å². The zero-order valence-corrected chi connectivity index (χ0v) is 13.5. The van der Waals surface area contributed by atoms with Crippen molar-refractivity contribution in [3.63, 3.8) is 0 Å². The van der Waals surface area contributed by atoms with Crippen LogP contribution in [0.2, 0.25) is 0 Å². The number of amides is 1. The van der Waals surface area contributed by atoms with E-state index in [4.69, 9.17) is 5.73 Å². The van der Waals surface area contributed by atoms with Crippen LogP contribution in [0.5, 0.6) is 0 Å². The standard InChI is InChI=1S/C17H12F3N3OS/c18-17(19,20)12-5-1-11(2-6-12)15(24)23-16-22-14(9-25-16)10-3-7-13(21)8-4-10/h1-9H,21H2,(H,22,23,24). The zero-order chi connectivity index (χ0) is 18.0. The Balaban J connectivity index is 1.72. The first-order chi connectivity index (χ1) is 11.8. The number of nitrogens with zero attached hydrogens (tertiary/aromatic N) is 1. The maximum atomic E-state index is 12.5. The Kier molecular flexibility index (Phi) is 4.45. The number of hydrogen-bond acceptors (Lipinski definition) is 4. The van der Waals surface area contributed by atoms with Crippen molar-refractivity contribution in [2.75, 3.05) is 11.1 Å². The summed E-state index contributed by atoms with van der Waals surface area (Å²) in [5, 5.41) is 4.71. The first-order valence-corrected chi connectivity index (χ1v) is 8.01. The highest BCUT2D eigenvalue weighted by atomic mass is 32.1. The SMILES string of the molecule is Nc1ccc(-c2csc(NC(=O)c3ccc(C(F)(F)F)cc3)n2)cc1. The molecule has 8 heteroatoms. The van der Waals surface area contributed by atoms with Gasteiger partial charge < -0.3 is 5.73 Å². The van der Waals surface area contributed by atoms with E-state index in [1.54, 1.807) is 17.5 Å². The number of carbonyl (C=O) groups excluding carboxylic acids is 1.